The molecule has 1 aliphatic rings. The fourth-order valence-corrected chi connectivity index (χ4v) is 5.71. The Morgan fingerprint density at radius 1 is 1.14 bits per heavy atom. The average molecular weight is 606 g/mol. The molecule has 37 heavy (non-hydrogen) atoms. The van der Waals surface area contributed by atoms with Crippen molar-refractivity contribution in [3.05, 3.63) is 63.8 Å². The van der Waals surface area contributed by atoms with Gasteiger partial charge >= 0.3 is 6.18 Å². The van der Waals surface area contributed by atoms with Crippen LogP contribution in [0.15, 0.2) is 45.9 Å². The first-order valence-corrected chi connectivity index (χ1v) is 13.3. The molecule has 4 rings (SSSR count). The molecule has 1 saturated carbocycles. The van der Waals surface area contributed by atoms with Crippen molar-refractivity contribution < 1.29 is 30.9 Å². The van der Waals surface area contributed by atoms with Gasteiger partial charge < -0.3 is 4.74 Å². The van der Waals surface area contributed by atoms with Crippen LogP contribution in [0.5, 0.6) is 5.75 Å². The summed E-state index contributed by atoms with van der Waals surface area (Å²) < 4.78 is 91.3. The number of rotatable bonds is 7. The van der Waals surface area contributed by atoms with E-state index in [1.807, 2.05) is 20.8 Å². The maximum Gasteiger partial charge on any atom is 0.419 e. The zero-order valence-corrected chi connectivity index (χ0v) is 22.8. The summed E-state index contributed by atoms with van der Waals surface area (Å²) in [7, 11) is -0.796. The van der Waals surface area contributed by atoms with E-state index >= 15 is 0 Å². The van der Waals surface area contributed by atoms with E-state index in [2.05, 4.69) is 25.8 Å². The maximum atomic E-state index is 14.3. The predicted molar refractivity (Wildman–Crippen MR) is 133 cm³/mol. The van der Waals surface area contributed by atoms with Gasteiger partial charge in [0.15, 0.2) is 11.6 Å². The third kappa shape index (κ3) is 5.75. The fourth-order valence-electron chi connectivity index (χ4n) is 4.12. The lowest BCUT2D eigenvalue weighted by molar-refractivity contribution is -0.138. The van der Waals surface area contributed by atoms with Crippen LogP contribution < -0.4 is 9.46 Å². The van der Waals surface area contributed by atoms with Gasteiger partial charge in [0.1, 0.15) is 16.7 Å². The molecule has 1 heterocycles. The van der Waals surface area contributed by atoms with Crippen LogP contribution in [0.2, 0.25) is 0 Å². The summed E-state index contributed by atoms with van der Waals surface area (Å²) in [4.78, 5) is 0.106. The van der Waals surface area contributed by atoms with Gasteiger partial charge in [-0.3, -0.25) is 4.68 Å². The Bertz CT molecular complexity index is 1350. The van der Waals surface area contributed by atoms with Gasteiger partial charge in [0.2, 0.25) is 0 Å². The molecular formula is C25H25BrF5N3O2S. The summed E-state index contributed by atoms with van der Waals surface area (Å²) in [6.07, 6.45) is -1.37. The highest BCUT2D eigenvalue weighted by Gasteiger charge is 2.39. The van der Waals surface area contributed by atoms with Gasteiger partial charge in [-0.15, -0.1) is 0 Å². The molecule has 2 aromatic carbocycles. The molecule has 1 N–H and O–H groups in total. The van der Waals surface area contributed by atoms with Gasteiger partial charge in [-0.25, -0.2) is 17.7 Å². The number of aromatic nitrogens is 2. The number of nitrogens with zero attached hydrogens (tertiary/aromatic N) is 2. The van der Waals surface area contributed by atoms with E-state index in [1.165, 1.54) is 0 Å². The summed E-state index contributed by atoms with van der Waals surface area (Å²) in [5.41, 5.74) is 0.00886. The highest BCUT2D eigenvalue weighted by atomic mass is 79.9. The van der Waals surface area contributed by atoms with E-state index in [0.717, 1.165) is 50.3 Å². The van der Waals surface area contributed by atoms with Crippen molar-refractivity contribution in [2.24, 2.45) is 5.92 Å². The van der Waals surface area contributed by atoms with Gasteiger partial charge in [-0.1, -0.05) is 0 Å². The molecule has 2 atom stereocenters. The highest BCUT2D eigenvalue weighted by Crippen LogP contribution is 2.46. The summed E-state index contributed by atoms with van der Waals surface area (Å²) in [6, 6.07) is 4.69. The Balaban J connectivity index is 1.78. The Morgan fingerprint density at radius 3 is 2.35 bits per heavy atom. The third-order valence-corrected chi connectivity index (χ3v) is 7.86. The summed E-state index contributed by atoms with van der Waals surface area (Å²) >= 11 is 3.33. The van der Waals surface area contributed by atoms with E-state index in [1.54, 1.807) is 10.9 Å². The minimum absolute atomic E-state index is 0.0701. The van der Waals surface area contributed by atoms with Crippen LogP contribution in [0.25, 0.3) is 11.3 Å². The van der Waals surface area contributed by atoms with Crippen molar-refractivity contribution in [1.29, 1.82) is 0 Å². The van der Waals surface area contributed by atoms with Crippen molar-refractivity contribution in [2.75, 3.05) is 7.11 Å². The summed E-state index contributed by atoms with van der Waals surface area (Å²) in [5.74, 6) is -2.40. The van der Waals surface area contributed by atoms with Crippen LogP contribution in [0.3, 0.4) is 0 Å². The van der Waals surface area contributed by atoms with Crippen LogP contribution in [0, 0.1) is 17.6 Å². The van der Waals surface area contributed by atoms with Crippen LogP contribution in [0.4, 0.5) is 22.0 Å². The molecule has 200 valence electrons. The second kappa shape index (κ2) is 10.1. The fraction of sp³-hybridized carbons (Fsp3) is 0.400. The predicted octanol–water partition coefficient (Wildman–Crippen LogP) is 7.14. The van der Waals surface area contributed by atoms with E-state index in [0.29, 0.717) is 21.3 Å². The Hall–Kier alpha value is -2.31. The Kier molecular flexibility index (Phi) is 7.57. The molecule has 0 saturated heterocycles. The molecule has 0 spiro atoms. The number of benzene rings is 2. The highest BCUT2D eigenvalue weighted by molar-refractivity contribution is 9.10. The van der Waals surface area contributed by atoms with E-state index in [4.69, 9.17) is 4.74 Å². The van der Waals surface area contributed by atoms with Gasteiger partial charge in [0, 0.05) is 15.6 Å². The van der Waals surface area contributed by atoms with Gasteiger partial charge in [-0.05, 0) is 85.8 Å². The number of hydrogen-bond acceptors (Lipinski definition) is 3. The largest absolute Gasteiger partial charge is 0.496 e. The lowest BCUT2D eigenvalue weighted by Gasteiger charge is -2.25. The molecule has 1 aliphatic carbocycles. The van der Waals surface area contributed by atoms with Crippen molar-refractivity contribution in [2.45, 2.75) is 56.3 Å². The number of ether oxygens (including phenoxy) is 1. The molecule has 1 fully saturated rings. The van der Waals surface area contributed by atoms with Gasteiger partial charge in [0.05, 0.1) is 41.0 Å². The molecule has 3 aromatic rings. The quantitative estimate of drug-likeness (QED) is 0.230. The summed E-state index contributed by atoms with van der Waals surface area (Å²) in [5, 5.41) is 4.53. The number of hydrogen-bond donors (Lipinski definition) is 1. The van der Waals surface area contributed by atoms with Crippen LogP contribution in [-0.4, -0.2) is 21.1 Å². The van der Waals surface area contributed by atoms with Crippen LogP contribution in [0.1, 0.15) is 50.8 Å². The first kappa shape index (κ1) is 27.7. The Labute approximate surface area is 222 Å². The van der Waals surface area contributed by atoms with Crippen molar-refractivity contribution in [3.63, 3.8) is 0 Å². The smallest absolute Gasteiger partial charge is 0.419 e. The standard InChI is InChI=1S/C25H25BrF5N3O2S/c1-24(2,3)34-23(15-10-19(27)20(28)11-18(15)26)16(12-32-34)22(13-5-6-13)33-37(35)14-7-8-17(25(29,30)31)21(9-14)36-4/h7-13,22,33H,5-6H2,1-4H3/t22-,37?/m1/s1. The molecule has 0 amide bonds. The van der Waals surface area contributed by atoms with E-state index in [9.17, 15) is 26.2 Å². The lowest BCUT2D eigenvalue weighted by atomic mass is 9.98. The minimum Gasteiger partial charge on any atom is -0.496 e. The zero-order chi connectivity index (χ0) is 27.3. The molecule has 12 heteroatoms. The molecule has 1 aromatic heterocycles. The molecule has 0 aliphatic heterocycles. The maximum absolute atomic E-state index is 14.3. The number of halogens is 6. The number of methoxy groups -OCH3 is 1. The van der Waals surface area contributed by atoms with E-state index in [-0.39, 0.29) is 10.8 Å². The first-order valence-electron chi connectivity index (χ1n) is 11.4. The third-order valence-electron chi connectivity index (χ3n) is 6.05. The number of alkyl halides is 3. The average Bonchev–Trinajstić information content (AvgIpc) is 3.55. The topological polar surface area (TPSA) is 56.1 Å². The molecule has 0 bridgehead atoms. The zero-order valence-electron chi connectivity index (χ0n) is 20.4. The second-order valence-electron chi connectivity index (χ2n) is 9.84. The molecule has 1 unspecified atom stereocenters. The monoisotopic (exact) mass is 605 g/mol. The molecule has 5 nitrogen and oxygen atoms in total. The molecule has 0 radical (unpaired) electrons. The minimum atomic E-state index is -4.62. The van der Waals surface area contributed by atoms with Crippen molar-refractivity contribution >= 4 is 26.9 Å². The number of nitrogens with one attached hydrogen (secondary N) is 1. The molecular weight excluding hydrogens is 581 g/mol. The van der Waals surface area contributed by atoms with Crippen molar-refractivity contribution in [3.8, 4) is 17.0 Å². The second-order valence-corrected chi connectivity index (χ2v) is 11.9. The normalized spacial score (nSPS) is 16.1. The SMILES string of the molecule is COc1cc(S(=O)N[C@@H](c2cnn(C(C)(C)C)c2-c2cc(F)c(F)cc2Br)C2CC2)ccc1C(F)(F)F. The van der Waals surface area contributed by atoms with Gasteiger partial charge in [0.25, 0.3) is 0 Å². The lowest BCUT2D eigenvalue weighted by Crippen LogP contribution is -2.27. The van der Waals surface area contributed by atoms with Crippen molar-refractivity contribution in [1.82, 2.24) is 14.5 Å². The first-order chi connectivity index (χ1) is 17.2. The summed E-state index contributed by atoms with van der Waals surface area (Å²) in [6.45, 7) is 5.73. The van der Waals surface area contributed by atoms with Gasteiger partial charge in [-0.2, -0.15) is 18.3 Å². The van der Waals surface area contributed by atoms with Crippen LogP contribution in [-0.2, 0) is 22.7 Å². The van der Waals surface area contributed by atoms with Crippen LogP contribution >= 0.6 is 15.9 Å². The Morgan fingerprint density at radius 2 is 1.78 bits per heavy atom. The van der Waals surface area contributed by atoms with E-state index < -0.39 is 51.7 Å².